The molecule has 0 aliphatic heterocycles. The van der Waals surface area contributed by atoms with Gasteiger partial charge in [-0.3, -0.25) is 0 Å². The molecular formula is C11H26N2O2S. The van der Waals surface area contributed by atoms with Crippen LogP contribution in [0.2, 0.25) is 0 Å². The normalized spacial score (nSPS) is 13.9. The molecule has 0 radical (unpaired) electrons. The summed E-state index contributed by atoms with van der Waals surface area (Å²) >= 11 is 0. The van der Waals surface area contributed by atoms with E-state index >= 15 is 0 Å². The summed E-state index contributed by atoms with van der Waals surface area (Å²) in [6, 6.07) is 0. The minimum Gasteiger partial charge on any atom is -0.319 e. The lowest BCUT2D eigenvalue weighted by atomic mass is 10.00. The first-order valence-electron chi connectivity index (χ1n) is 6.17. The first kappa shape index (κ1) is 15.9. The number of hydrogen-bond acceptors (Lipinski definition) is 3. The Morgan fingerprint density at radius 3 is 2.44 bits per heavy atom. The van der Waals surface area contributed by atoms with Crippen molar-refractivity contribution in [1.82, 2.24) is 10.0 Å². The number of sulfonamides is 1. The molecule has 1 unspecified atom stereocenters. The van der Waals surface area contributed by atoms with Crippen LogP contribution in [0.25, 0.3) is 0 Å². The molecule has 0 aromatic rings. The van der Waals surface area contributed by atoms with Gasteiger partial charge >= 0.3 is 0 Å². The summed E-state index contributed by atoms with van der Waals surface area (Å²) in [6.07, 6.45) is 4.50. The zero-order chi connectivity index (χ0) is 12.4. The third-order valence-corrected chi connectivity index (χ3v) is 4.10. The van der Waals surface area contributed by atoms with E-state index in [-0.39, 0.29) is 5.75 Å². The highest BCUT2D eigenvalue weighted by Crippen LogP contribution is 2.11. The van der Waals surface area contributed by atoms with Gasteiger partial charge in [0.2, 0.25) is 10.0 Å². The molecule has 0 amide bonds. The molecule has 0 aliphatic carbocycles. The first-order valence-corrected chi connectivity index (χ1v) is 7.82. The lowest BCUT2D eigenvalue weighted by Crippen LogP contribution is -2.34. The highest BCUT2D eigenvalue weighted by molar-refractivity contribution is 7.89. The molecule has 1 atom stereocenters. The Labute approximate surface area is 100 Å². The second kappa shape index (κ2) is 8.96. The average Bonchev–Trinajstić information content (AvgIpc) is 2.27. The van der Waals surface area contributed by atoms with Gasteiger partial charge in [0, 0.05) is 13.1 Å². The Bertz CT molecular complexity index is 253. The van der Waals surface area contributed by atoms with Crippen molar-refractivity contribution in [3.8, 4) is 0 Å². The van der Waals surface area contributed by atoms with Crippen molar-refractivity contribution in [2.75, 3.05) is 25.9 Å². The Kier molecular flexibility index (Phi) is 8.89. The quantitative estimate of drug-likeness (QED) is 0.615. The molecule has 0 saturated carbocycles. The zero-order valence-corrected chi connectivity index (χ0v) is 11.6. The molecule has 4 nitrogen and oxygen atoms in total. The summed E-state index contributed by atoms with van der Waals surface area (Å²) in [4.78, 5) is 0. The number of unbranched alkanes of at least 4 members (excludes halogenated alkanes) is 1. The van der Waals surface area contributed by atoms with Crippen LogP contribution in [-0.4, -0.2) is 34.3 Å². The van der Waals surface area contributed by atoms with Gasteiger partial charge in [0.25, 0.3) is 0 Å². The van der Waals surface area contributed by atoms with Gasteiger partial charge in [0.05, 0.1) is 5.75 Å². The Hall–Kier alpha value is -0.130. The van der Waals surface area contributed by atoms with Crippen molar-refractivity contribution >= 4 is 10.0 Å². The molecule has 16 heavy (non-hydrogen) atoms. The molecule has 0 rings (SSSR count). The predicted octanol–water partition coefficient (Wildman–Crippen LogP) is 1.34. The molecule has 5 heteroatoms. The topological polar surface area (TPSA) is 58.2 Å². The third-order valence-electron chi connectivity index (χ3n) is 2.76. The molecule has 0 saturated heterocycles. The van der Waals surface area contributed by atoms with Gasteiger partial charge in [0.1, 0.15) is 0 Å². The fourth-order valence-electron chi connectivity index (χ4n) is 1.50. The van der Waals surface area contributed by atoms with Crippen molar-refractivity contribution in [2.45, 2.75) is 39.5 Å². The van der Waals surface area contributed by atoms with Crippen LogP contribution >= 0.6 is 0 Å². The lowest BCUT2D eigenvalue weighted by Gasteiger charge is -2.15. The van der Waals surface area contributed by atoms with Gasteiger partial charge in [0.15, 0.2) is 0 Å². The van der Waals surface area contributed by atoms with Crippen LogP contribution in [-0.2, 0) is 10.0 Å². The largest absolute Gasteiger partial charge is 0.319 e. The maximum absolute atomic E-state index is 11.5. The minimum atomic E-state index is -3.09. The third kappa shape index (κ3) is 8.07. The van der Waals surface area contributed by atoms with Gasteiger partial charge in [-0.1, -0.05) is 33.1 Å². The minimum absolute atomic E-state index is 0.160. The Morgan fingerprint density at radius 2 is 1.94 bits per heavy atom. The van der Waals surface area contributed by atoms with Crippen molar-refractivity contribution in [1.29, 1.82) is 0 Å². The van der Waals surface area contributed by atoms with Crippen LogP contribution in [0.5, 0.6) is 0 Å². The smallest absolute Gasteiger partial charge is 0.212 e. The molecule has 0 heterocycles. The highest BCUT2D eigenvalue weighted by atomic mass is 32.2. The molecule has 98 valence electrons. The van der Waals surface area contributed by atoms with Crippen LogP contribution in [0.1, 0.15) is 39.5 Å². The van der Waals surface area contributed by atoms with Crippen molar-refractivity contribution < 1.29 is 8.42 Å². The van der Waals surface area contributed by atoms with Gasteiger partial charge in [-0.2, -0.15) is 0 Å². The van der Waals surface area contributed by atoms with Gasteiger partial charge in [-0.25, -0.2) is 13.1 Å². The highest BCUT2D eigenvalue weighted by Gasteiger charge is 2.12. The maximum Gasteiger partial charge on any atom is 0.212 e. The maximum atomic E-state index is 11.5. The summed E-state index contributed by atoms with van der Waals surface area (Å²) in [7, 11) is -1.33. The number of rotatable bonds is 10. The summed E-state index contributed by atoms with van der Waals surface area (Å²) in [6.45, 7) is 5.36. The fraction of sp³-hybridized carbons (Fsp3) is 1.00. The van der Waals surface area contributed by atoms with Crippen LogP contribution in [0.3, 0.4) is 0 Å². The second-order valence-electron chi connectivity index (χ2n) is 4.19. The molecule has 2 N–H and O–H groups in total. The van der Waals surface area contributed by atoms with E-state index in [0.29, 0.717) is 19.0 Å². The van der Waals surface area contributed by atoms with E-state index in [9.17, 15) is 8.42 Å². The molecule has 0 spiro atoms. The summed E-state index contributed by atoms with van der Waals surface area (Å²) < 4.78 is 25.8. The summed E-state index contributed by atoms with van der Waals surface area (Å²) in [5.74, 6) is 0.637. The number of hydrogen-bond donors (Lipinski definition) is 2. The second-order valence-corrected chi connectivity index (χ2v) is 6.11. The van der Waals surface area contributed by atoms with E-state index in [1.54, 1.807) is 7.05 Å². The van der Waals surface area contributed by atoms with E-state index in [4.69, 9.17) is 0 Å². The van der Waals surface area contributed by atoms with E-state index < -0.39 is 10.0 Å². The molecule has 0 aromatic carbocycles. The van der Waals surface area contributed by atoms with Crippen molar-refractivity contribution in [3.05, 3.63) is 0 Å². The van der Waals surface area contributed by atoms with Crippen molar-refractivity contribution in [3.63, 3.8) is 0 Å². The summed E-state index contributed by atoms with van der Waals surface area (Å²) in [5.41, 5.74) is 0. The molecule has 0 fully saturated rings. The predicted molar refractivity (Wildman–Crippen MR) is 69.0 cm³/mol. The van der Waals surface area contributed by atoms with Gasteiger partial charge in [-0.15, -0.1) is 0 Å². The molecule has 0 aromatic heterocycles. The van der Waals surface area contributed by atoms with Crippen LogP contribution < -0.4 is 10.0 Å². The summed E-state index contributed by atoms with van der Waals surface area (Å²) in [5, 5.41) is 2.84. The first-order chi connectivity index (χ1) is 7.55. The zero-order valence-electron chi connectivity index (χ0n) is 10.8. The van der Waals surface area contributed by atoms with Crippen LogP contribution in [0.15, 0.2) is 0 Å². The average molecular weight is 250 g/mol. The Morgan fingerprint density at radius 1 is 1.25 bits per heavy atom. The SMILES string of the molecule is CCCCC(CC)CNS(=O)(=O)CCNC. The van der Waals surface area contributed by atoms with E-state index in [1.807, 2.05) is 0 Å². The van der Waals surface area contributed by atoms with Crippen molar-refractivity contribution in [2.24, 2.45) is 5.92 Å². The van der Waals surface area contributed by atoms with E-state index in [1.165, 1.54) is 12.8 Å². The molecule has 0 bridgehead atoms. The fourth-order valence-corrected chi connectivity index (χ4v) is 2.60. The standard InChI is InChI=1S/C11H26N2O2S/c1-4-6-7-11(5-2)10-13-16(14,15)9-8-12-3/h11-13H,4-10H2,1-3H3. The van der Waals surface area contributed by atoms with E-state index in [0.717, 1.165) is 12.8 Å². The van der Waals surface area contributed by atoms with Gasteiger partial charge < -0.3 is 5.32 Å². The monoisotopic (exact) mass is 250 g/mol. The van der Waals surface area contributed by atoms with E-state index in [2.05, 4.69) is 23.9 Å². The molecular weight excluding hydrogens is 224 g/mol. The lowest BCUT2D eigenvalue weighted by molar-refractivity contribution is 0.443. The Balaban J connectivity index is 3.90. The molecule has 0 aliphatic rings. The van der Waals surface area contributed by atoms with Crippen LogP contribution in [0.4, 0.5) is 0 Å². The van der Waals surface area contributed by atoms with Gasteiger partial charge in [-0.05, 0) is 19.4 Å². The van der Waals surface area contributed by atoms with Crippen LogP contribution in [0, 0.1) is 5.92 Å². The number of nitrogens with one attached hydrogen (secondary N) is 2.